The molecule has 0 spiro atoms. The number of carbonyl (C=O) groups excluding carboxylic acids is 1. The number of benzene rings is 1. The molecule has 1 aromatic carbocycles. The molecule has 1 saturated carbocycles. The molecular weight excluding hydrogens is 308 g/mol. The Morgan fingerprint density at radius 2 is 1.95 bits per heavy atom. The first-order valence-corrected chi connectivity index (χ1v) is 8.46. The Morgan fingerprint density at radius 3 is 2.64 bits per heavy atom. The molecule has 2 rings (SSSR count). The first-order chi connectivity index (χ1) is 10.6. The second-order valence-electron chi connectivity index (χ2n) is 5.55. The number of aliphatic hydroxyl groups excluding tert-OH is 1. The number of carbonyl (C=O) groups is 1. The van der Waals surface area contributed by atoms with Gasteiger partial charge in [0.15, 0.2) is 0 Å². The Morgan fingerprint density at radius 1 is 1.27 bits per heavy atom. The van der Waals surface area contributed by atoms with Crippen molar-refractivity contribution in [1.29, 1.82) is 0 Å². The molecule has 1 fully saturated rings. The van der Waals surface area contributed by atoms with Crippen molar-refractivity contribution in [2.75, 3.05) is 6.54 Å². The monoisotopic (exact) mass is 329 g/mol. The second kappa shape index (κ2) is 8.48. The molecule has 1 aliphatic rings. The SMILES string of the molecule is O=C(NCC(O)C1CCCCC1)c1ccccc1SC(F)F. The lowest BCUT2D eigenvalue weighted by atomic mass is 9.85. The fourth-order valence-corrected chi connectivity index (χ4v) is 3.47. The maximum Gasteiger partial charge on any atom is 0.288 e. The average Bonchev–Trinajstić information content (AvgIpc) is 2.53. The molecule has 1 unspecified atom stereocenters. The number of hydrogen-bond donors (Lipinski definition) is 2. The van der Waals surface area contributed by atoms with Crippen LogP contribution >= 0.6 is 11.8 Å². The lowest BCUT2D eigenvalue weighted by Gasteiger charge is -2.26. The van der Waals surface area contributed by atoms with Crippen LogP contribution in [0.4, 0.5) is 8.78 Å². The molecule has 0 bridgehead atoms. The van der Waals surface area contributed by atoms with E-state index in [0.29, 0.717) is 11.8 Å². The molecule has 0 aliphatic heterocycles. The van der Waals surface area contributed by atoms with E-state index in [9.17, 15) is 18.7 Å². The van der Waals surface area contributed by atoms with E-state index in [1.807, 2.05) is 0 Å². The van der Waals surface area contributed by atoms with Gasteiger partial charge in [-0.15, -0.1) is 0 Å². The smallest absolute Gasteiger partial charge is 0.288 e. The van der Waals surface area contributed by atoms with Crippen LogP contribution in [0.15, 0.2) is 29.2 Å². The summed E-state index contributed by atoms with van der Waals surface area (Å²) in [6, 6.07) is 6.29. The number of rotatable bonds is 6. The van der Waals surface area contributed by atoms with Crippen LogP contribution in [0.1, 0.15) is 42.5 Å². The minimum atomic E-state index is -2.57. The zero-order chi connectivity index (χ0) is 15.9. The molecule has 6 heteroatoms. The summed E-state index contributed by atoms with van der Waals surface area (Å²) in [6.07, 6.45) is 4.82. The Labute approximate surface area is 133 Å². The van der Waals surface area contributed by atoms with Gasteiger partial charge in [-0.05, 0) is 30.9 Å². The maximum atomic E-state index is 12.5. The quantitative estimate of drug-likeness (QED) is 0.783. The molecule has 1 aromatic rings. The fourth-order valence-electron chi connectivity index (χ4n) is 2.83. The predicted molar refractivity (Wildman–Crippen MR) is 83.2 cm³/mol. The average molecular weight is 329 g/mol. The third kappa shape index (κ3) is 4.95. The highest BCUT2D eigenvalue weighted by Crippen LogP contribution is 2.29. The van der Waals surface area contributed by atoms with Crippen molar-refractivity contribution in [3.63, 3.8) is 0 Å². The summed E-state index contributed by atoms with van der Waals surface area (Å²) in [5, 5.41) is 12.8. The normalized spacial score (nSPS) is 17.5. The summed E-state index contributed by atoms with van der Waals surface area (Å²) in [5.74, 6) is -2.76. The zero-order valence-electron chi connectivity index (χ0n) is 12.3. The van der Waals surface area contributed by atoms with Crippen molar-refractivity contribution in [3.8, 4) is 0 Å². The molecule has 22 heavy (non-hydrogen) atoms. The van der Waals surface area contributed by atoms with Gasteiger partial charge in [0, 0.05) is 11.4 Å². The molecule has 0 heterocycles. The molecule has 0 aromatic heterocycles. The topological polar surface area (TPSA) is 49.3 Å². The molecule has 0 radical (unpaired) electrons. The summed E-state index contributed by atoms with van der Waals surface area (Å²) in [6.45, 7) is 0.164. The van der Waals surface area contributed by atoms with Crippen LogP contribution in [0.5, 0.6) is 0 Å². The van der Waals surface area contributed by atoms with Gasteiger partial charge < -0.3 is 10.4 Å². The van der Waals surface area contributed by atoms with E-state index in [-0.39, 0.29) is 22.9 Å². The van der Waals surface area contributed by atoms with Gasteiger partial charge in [0.2, 0.25) is 0 Å². The third-order valence-corrected chi connectivity index (χ3v) is 4.80. The van der Waals surface area contributed by atoms with Crippen LogP contribution in [0.25, 0.3) is 0 Å². The van der Waals surface area contributed by atoms with E-state index in [4.69, 9.17) is 0 Å². The summed E-state index contributed by atoms with van der Waals surface area (Å²) < 4.78 is 25.0. The highest BCUT2D eigenvalue weighted by Gasteiger charge is 2.23. The van der Waals surface area contributed by atoms with Crippen LogP contribution in [-0.2, 0) is 0 Å². The van der Waals surface area contributed by atoms with E-state index < -0.39 is 17.8 Å². The molecule has 1 atom stereocenters. The van der Waals surface area contributed by atoms with Crippen molar-refractivity contribution >= 4 is 17.7 Å². The van der Waals surface area contributed by atoms with Crippen molar-refractivity contribution in [1.82, 2.24) is 5.32 Å². The Kier molecular flexibility index (Phi) is 6.64. The van der Waals surface area contributed by atoms with E-state index in [0.717, 1.165) is 25.7 Å². The van der Waals surface area contributed by atoms with Gasteiger partial charge in [-0.25, -0.2) is 0 Å². The van der Waals surface area contributed by atoms with Crippen molar-refractivity contribution in [3.05, 3.63) is 29.8 Å². The number of amides is 1. The molecule has 1 aliphatic carbocycles. The lowest BCUT2D eigenvalue weighted by molar-refractivity contribution is 0.0737. The van der Waals surface area contributed by atoms with Gasteiger partial charge in [0.1, 0.15) is 0 Å². The van der Waals surface area contributed by atoms with Crippen LogP contribution in [0.2, 0.25) is 0 Å². The van der Waals surface area contributed by atoms with Gasteiger partial charge in [-0.3, -0.25) is 4.79 Å². The lowest BCUT2D eigenvalue weighted by Crippen LogP contribution is -2.37. The fraction of sp³-hybridized carbons (Fsp3) is 0.562. The first kappa shape index (κ1) is 17.2. The van der Waals surface area contributed by atoms with Crippen LogP contribution in [0, 0.1) is 5.92 Å². The largest absolute Gasteiger partial charge is 0.391 e. The van der Waals surface area contributed by atoms with Gasteiger partial charge in [-0.2, -0.15) is 8.78 Å². The Balaban J connectivity index is 1.91. The summed E-state index contributed by atoms with van der Waals surface area (Å²) in [7, 11) is 0. The highest BCUT2D eigenvalue weighted by molar-refractivity contribution is 7.99. The first-order valence-electron chi connectivity index (χ1n) is 7.58. The second-order valence-corrected chi connectivity index (χ2v) is 6.58. The van der Waals surface area contributed by atoms with Gasteiger partial charge in [0.25, 0.3) is 11.7 Å². The van der Waals surface area contributed by atoms with Crippen LogP contribution in [0.3, 0.4) is 0 Å². The third-order valence-electron chi connectivity index (χ3n) is 4.01. The van der Waals surface area contributed by atoms with Crippen LogP contribution in [-0.4, -0.2) is 29.4 Å². The van der Waals surface area contributed by atoms with E-state index in [1.165, 1.54) is 18.6 Å². The zero-order valence-corrected chi connectivity index (χ0v) is 13.1. The van der Waals surface area contributed by atoms with Gasteiger partial charge in [0.05, 0.1) is 11.7 Å². The minimum absolute atomic E-state index is 0.164. The molecule has 2 N–H and O–H groups in total. The number of hydrogen-bond acceptors (Lipinski definition) is 3. The summed E-state index contributed by atoms with van der Waals surface area (Å²) >= 11 is 0.359. The van der Waals surface area contributed by atoms with Crippen LogP contribution < -0.4 is 5.32 Å². The molecule has 0 saturated heterocycles. The van der Waals surface area contributed by atoms with E-state index in [2.05, 4.69) is 5.32 Å². The number of halogens is 2. The standard InChI is InChI=1S/C16H21F2NO2S/c17-16(18)22-14-9-5-4-8-12(14)15(21)19-10-13(20)11-6-2-1-3-7-11/h4-5,8-9,11,13,16,20H,1-3,6-7,10H2,(H,19,21). The van der Waals surface area contributed by atoms with Crippen molar-refractivity contribution < 1.29 is 18.7 Å². The molecule has 1 amide bonds. The number of thioether (sulfide) groups is 1. The molecular formula is C16H21F2NO2S. The highest BCUT2D eigenvalue weighted by atomic mass is 32.2. The number of nitrogens with one attached hydrogen (secondary N) is 1. The van der Waals surface area contributed by atoms with E-state index in [1.54, 1.807) is 12.1 Å². The summed E-state index contributed by atoms with van der Waals surface area (Å²) in [5.41, 5.74) is 0.226. The molecule has 3 nitrogen and oxygen atoms in total. The van der Waals surface area contributed by atoms with Gasteiger partial charge >= 0.3 is 0 Å². The minimum Gasteiger partial charge on any atom is -0.391 e. The maximum absolute atomic E-state index is 12.5. The summed E-state index contributed by atoms with van der Waals surface area (Å²) in [4.78, 5) is 12.4. The number of aliphatic hydroxyl groups is 1. The Bertz CT molecular complexity index is 493. The van der Waals surface area contributed by atoms with Crippen molar-refractivity contribution in [2.24, 2.45) is 5.92 Å². The molecule has 122 valence electrons. The predicted octanol–water partition coefficient (Wildman–Crippen LogP) is 3.67. The number of alkyl halides is 2. The Hall–Kier alpha value is -1.14. The van der Waals surface area contributed by atoms with E-state index >= 15 is 0 Å². The van der Waals surface area contributed by atoms with Crippen molar-refractivity contribution in [2.45, 2.75) is 48.9 Å². The van der Waals surface area contributed by atoms with Gasteiger partial charge in [-0.1, -0.05) is 43.2 Å².